The molecule has 0 aliphatic carbocycles. The summed E-state index contributed by atoms with van der Waals surface area (Å²) in [6.07, 6.45) is 4.84. The fourth-order valence-electron chi connectivity index (χ4n) is 2.42. The van der Waals surface area contributed by atoms with Gasteiger partial charge in [0, 0.05) is 19.5 Å². The highest BCUT2D eigenvalue weighted by atomic mass is 16.3. The Kier molecular flexibility index (Phi) is 5.96. The van der Waals surface area contributed by atoms with Crippen LogP contribution in [0.15, 0.2) is 0 Å². The Morgan fingerprint density at radius 2 is 2.12 bits per heavy atom. The molecule has 0 radical (unpaired) electrons. The first kappa shape index (κ1) is 14.5. The van der Waals surface area contributed by atoms with Crippen molar-refractivity contribution in [1.82, 2.24) is 4.90 Å². The zero-order chi connectivity index (χ0) is 12.8. The van der Waals surface area contributed by atoms with E-state index in [-0.39, 0.29) is 17.9 Å². The summed E-state index contributed by atoms with van der Waals surface area (Å²) in [5.74, 6) is 1.14. The summed E-state index contributed by atoms with van der Waals surface area (Å²) >= 11 is 0. The summed E-state index contributed by atoms with van der Waals surface area (Å²) in [5.41, 5.74) is 0. The van der Waals surface area contributed by atoms with Gasteiger partial charge < -0.3 is 10.0 Å². The molecule has 2 atom stereocenters. The van der Waals surface area contributed by atoms with Crippen molar-refractivity contribution in [3.8, 4) is 0 Å². The van der Waals surface area contributed by atoms with Crippen molar-refractivity contribution in [2.75, 3.05) is 13.1 Å². The molecule has 0 spiro atoms. The van der Waals surface area contributed by atoms with Gasteiger partial charge in [-0.2, -0.15) is 0 Å². The maximum atomic E-state index is 11.9. The van der Waals surface area contributed by atoms with E-state index in [1.165, 1.54) is 12.8 Å². The predicted molar refractivity (Wildman–Crippen MR) is 69.7 cm³/mol. The molecule has 1 heterocycles. The van der Waals surface area contributed by atoms with Crippen LogP contribution in [-0.4, -0.2) is 35.1 Å². The molecule has 1 N–H and O–H groups in total. The van der Waals surface area contributed by atoms with E-state index in [0.717, 1.165) is 19.4 Å². The Bertz CT molecular complexity index is 240. The summed E-state index contributed by atoms with van der Waals surface area (Å²) in [4.78, 5) is 13.8. The average molecular weight is 241 g/mol. The van der Waals surface area contributed by atoms with Gasteiger partial charge in [0.1, 0.15) is 0 Å². The zero-order valence-corrected chi connectivity index (χ0v) is 11.5. The number of hydrogen-bond donors (Lipinski definition) is 1. The fourth-order valence-corrected chi connectivity index (χ4v) is 2.42. The van der Waals surface area contributed by atoms with E-state index in [1.54, 1.807) is 0 Å². The number of β-amino-alcohol motifs (C(OH)–C–C–N with tert-alkyl or cyclic N) is 1. The summed E-state index contributed by atoms with van der Waals surface area (Å²) in [5, 5.41) is 9.86. The molecule has 1 saturated heterocycles. The van der Waals surface area contributed by atoms with E-state index >= 15 is 0 Å². The van der Waals surface area contributed by atoms with Crippen LogP contribution in [0.5, 0.6) is 0 Å². The van der Waals surface area contributed by atoms with Crippen molar-refractivity contribution in [3.63, 3.8) is 0 Å². The first-order chi connectivity index (χ1) is 8.04. The van der Waals surface area contributed by atoms with Crippen LogP contribution >= 0.6 is 0 Å². The lowest BCUT2D eigenvalue weighted by Gasteiger charge is -2.25. The topological polar surface area (TPSA) is 40.5 Å². The Morgan fingerprint density at radius 3 is 2.71 bits per heavy atom. The van der Waals surface area contributed by atoms with Gasteiger partial charge in [0.15, 0.2) is 0 Å². The summed E-state index contributed by atoms with van der Waals surface area (Å²) in [7, 11) is 0. The summed E-state index contributed by atoms with van der Waals surface area (Å²) in [6.45, 7) is 7.52. The molecule has 0 bridgehead atoms. The Balaban J connectivity index is 2.47. The molecule has 2 unspecified atom stereocenters. The van der Waals surface area contributed by atoms with Gasteiger partial charge in [-0.25, -0.2) is 0 Å². The third-order valence-corrected chi connectivity index (χ3v) is 3.80. The number of aliphatic hydroxyl groups excluding tert-OH is 1. The van der Waals surface area contributed by atoms with Crippen LogP contribution in [0.25, 0.3) is 0 Å². The third-order valence-electron chi connectivity index (χ3n) is 3.80. The van der Waals surface area contributed by atoms with Gasteiger partial charge in [0.2, 0.25) is 5.91 Å². The van der Waals surface area contributed by atoms with Crippen LogP contribution in [0, 0.1) is 11.8 Å². The Hall–Kier alpha value is -0.570. The van der Waals surface area contributed by atoms with Crippen molar-refractivity contribution in [1.29, 1.82) is 0 Å². The molecular weight excluding hydrogens is 214 g/mol. The van der Waals surface area contributed by atoms with Crippen LogP contribution in [0.1, 0.15) is 52.9 Å². The number of amides is 1. The largest absolute Gasteiger partial charge is 0.391 e. The van der Waals surface area contributed by atoms with Gasteiger partial charge in [-0.1, -0.05) is 33.6 Å². The smallest absolute Gasteiger partial charge is 0.222 e. The standard InChI is InChI=1S/C14H27NO2/c1-4-5-12-6-7-14(17)15(9-8-12)10-13(16)11(2)3/h11-13,16H,4-10H2,1-3H3. The molecule has 1 aliphatic heterocycles. The van der Waals surface area contributed by atoms with E-state index < -0.39 is 0 Å². The van der Waals surface area contributed by atoms with E-state index in [0.29, 0.717) is 18.9 Å². The zero-order valence-electron chi connectivity index (χ0n) is 11.5. The molecule has 1 rings (SSSR count). The highest BCUT2D eigenvalue weighted by molar-refractivity contribution is 5.76. The van der Waals surface area contributed by atoms with Crippen LogP contribution in [-0.2, 0) is 4.79 Å². The lowest BCUT2D eigenvalue weighted by atomic mass is 9.96. The van der Waals surface area contributed by atoms with Crippen LogP contribution in [0.4, 0.5) is 0 Å². The normalized spacial score (nSPS) is 23.9. The lowest BCUT2D eigenvalue weighted by Crippen LogP contribution is -2.39. The van der Waals surface area contributed by atoms with Crippen molar-refractivity contribution < 1.29 is 9.90 Å². The molecular formula is C14H27NO2. The minimum Gasteiger partial charge on any atom is -0.391 e. The monoisotopic (exact) mass is 241 g/mol. The van der Waals surface area contributed by atoms with Crippen LogP contribution < -0.4 is 0 Å². The predicted octanol–water partition coefficient (Wildman–Crippen LogP) is 2.43. The molecule has 17 heavy (non-hydrogen) atoms. The minimum absolute atomic E-state index is 0.220. The molecule has 1 aliphatic rings. The highest BCUT2D eigenvalue weighted by Crippen LogP contribution is 2.23. The van der Waals surface area contributed by atoms with Gasteiger partial charge in [-0.3, -0.25) is 4.79 Å². The number of rotatable bonds is 5. The molecule has 100 valence electrons. The van der Waals surface area contributed by atoms with Gasteiger partial charge in [0.25, 0.3) is 0 Å². The molecule has 1 amide bonds. The van der Waals surface area contributed by atoms with Crippen molar-refractivity contribution in [2.24, 2.45) is 11.8 Å². The van der Waals surface area contributed by atoms with Gasteiger partial charge in [-0.05, 0) is 24.7 Å². The van der Waals surface area contributed by atoms with E-state index in [1.807, 2.05) is 18.7 Å². The first-order valence-electron chi connectivity index (χ1n) is 7.00. The molecule has 0 saturated carbocycles. The number of likely N-dealkylation sites (tertiary alicyclic amines) is 1. The maximum Gasteiger partial charge on any atom is 0.222 e. The molecule has 0 aromatic rings. The lowest BCUT2D eigenvalue weighted by molar-refractivity contribution is -0.132. The molecule has 3 heteroatoms. The van der Waals surface area contributed by atoms with Crippen LogP contribution in [0.3, 0.4) is 0 Å². The number of hydrogen-bond acceptors (Lipinski definition) is 2. The second kappa shape index (κ2) is 7.00. The van der Waals surface area contributed by atoms with E-state index in [2.05, 4.69) is 6.92 Å². The van der Waals surface area contributed by atoms with Crippen molar-refractivity contribution in [3.05, 3.63) is 0 Å². The number of nitrogens with zero attached hydrogens (tertiary/aromatic N) is 1. The summed E-state index contributed by atoms with van der Waals surface area (Å²) in [6, 6.07) is 0. The fraction of sp³-hybridized carbons (Fsp3) is 0.929. The molecule has 0 aromatic heterocycles. The SMILES string of the molecule is CCCC1CCC(=O)N(CC(O)C(C)C)CC1. The van der Waals surface area contributed by atoms with E-state index in [4.69, 9.17) is 0 Å². The van der Waals surface area contributed by atoms with Crippen molar-refractivity contribution in [2.45, 2.75) is 59.0 Å². The Labute approximate surface area is 105 Å². The highest BCUT2D eigenvalue weighted by Gasteiger charge is 2.24. The molecule has 3 nitrogen and oxygen atoms in total. The average Bonchev–Trinajstić information content (AvgIpc) is 2.44. The molecule has 0 aromatic carbocycles. The minimum atomic E-state index is -0.387. The summed E-state index contributed by atoms with van der Waals surface area (Å²) < 4.78 is 0. The second-order valence-corrected chi connectivity index (χ2v) is 5.63. The number of carbonyl (C=O) groups excluding carboxylic acids is 1. The number of carbonyl (C=O) groups is 1. The van der Waals surface area contributed by atoms with E-state index in [9.17, 15) is 9.90 Å². The maximum absolute atomic E-state index is 11.9. The second-order valence-electron chi connectivity index (χ2n) is 5.63. The first-order valence-corrected chi connectivity index (χ1v) is 7.00. The van der Waals surface area contributed by atoms with Crippen molar-refractivity contribution >= 4 is 5.91 Å². The third kappa shape index (κ3) is 4.66. The Morgan fingerprint density at radius 1 is 1.41 bits per heavy atom. The quantitative estimate of drug-likeness (QED) is 0.803. The molecule has 1 fully saturated rings. The number of aliphatic hydroxyl groups is 1. The van der Waals surface area contributed by atoms with Gasteiger partial charge >= 0.3 is 0 Å². The van der Waals surface area contributed by atoms with Gasteiger partial charge in [0.05, 0.1) is 6.10 Å². The van der Waals surface area contributed by atoms with Crippen LogP contribution in [0.2, 0.25) is 0 Å². The van der Waals surface area contributed by atoms with Gasteiger partial charge in [-0.15, -0.1) is 0 Å².